The first-order valence-electron chi connectivity index (χ1n) is 12.1. The molecule has 0 aromatic heterocycles. The van der Waals surface area contributed by atoms with Crippen molar-refractivity contribution < 1.29 is 19.1 Å². The number of amides is 2. The fourth-order valence-corrected chi connectivity index (χ4v) is 4.64. The van der Waals surface area contributed by atoms with E-state index < -0.39 is 12.0 Å². The molecular formula is C27H34N4O4. The lowest BCUT2D eigenvalue weighted by Gasteiger charge is -2.37. The van der Waals surface area contributed by atoms with Crippen LogP contribution >= 0.6 is 0 Å². The first-order valence-corrected chi connectivity index (χ1v) is 12.1. The third-order valence-electron chi connectivity index (χ3n) is 6.43. The third-order valence-corrected chi connectivity index (χ3v) is 6.43. The highest BCUT2D eigenvalue weighted by molar-refractivity contribution is 5.95. The molecule has 0 saturated carbocycles. The standard InChI is InChI=1S/C27H34N4O4/c1-4-35-26(32)24-23(28-27(33)29-25(24)21-8-10-22(34-3)11-9-21)18-31-14-12-30(13-15-31)17-20-7-5-6-19(2)16-20/h5-11,16,25H,4,12-15,17-18H2,1-3H3,(H2,28,29,33). The van der Waals surface area contributed by atoms with Gasteiger partial charge in [-0.1, -0.05) is 42.0 Å². The second kappa shape index (κ2) is 11.4. The number of carbonyl (C=O) groups excluding carboxylic acids is 2. The Labute approximate surface area is 206 Å². The number of methoxy groups -OCH3 is 1. The van der Waals surface area contributed by atoms with Gasteiger partial charge in [0.2, 0.25) is 0 Å². The molecule has 0 aliphatic carbocycles. The van der Waals surface area contributed by atoms with Crippen LogP contribution < -0.4 is 15.4 Å². The summed E-state index contributed by atoms with van der Waals surface area (Å²) >= 11 is 0. The number of nitrogens with one attached hydrogen (secondary N) is 2. The van der Waals surface area contributed by atoms with Gasteiger partial charge in [-0.2, -0.15) is 0 Å². The molecule has 0 spiro atoms. The summed E-state index contributed by atoms with van der Waals surface area (Å²) in [6.07, 6.45) is 0. The lowest BCUT2D eigenvalue weighted by Crippen LogP contribution is -2.51. The Morgan fingerprint density at radius 1 is 1.03 bits per heavy atom. The van der Waals surface area contributed by atoms with Gasteiger partial charge in [0, 0.05) is 45.0 Å². The van der Waals surface area contributed by atoms with Crippen molar-refractivity contribution in [3.8, 4) is 5.75 Å². The van der Waals surface area contributed by atoms with E-state index >= 15 is 0 Å². The molecule has 186 valence electrons. The molecule has 2 heterocycles. The Morgan fingerprint density at radius 2 is 1.71 bits per heavy atom. The molecule has 8 heteroatoms. The summed E-state index contributed by atoms with van der Waals surface area (Å²) in [5.41, 5.74) is 4.43. The quantitative estimate of drug-likeness (QED) is 0.568. The van der Waals surface area contributed by atoms with E-state index in [4.69, 9.17) is 9.47 Å². The molecule has 8 nitrogen and oxygen atoms in total. The second-order valence-corrected chi connectivity index (χ2v) is 8.96. The molecule has 0 radical (unpaired) electrons. The number of nitrogens with zero attached hydrogens (tertiary/aromatic N) is 2. The number of hydrogen-bond acceptors (Lipinski definition) is 6. The molecule has 4 rings (SSSR count). The first-order chi connectivity index (χ1) is 17.0. The van der Waals surface area contributed by atoms with Crippen LogP contribution in [0.5, 0.6) is 5.75 Å². The van der Waals surface area contributed by atoms with Crippen molar-refractivity contribution in [3.63, 3.8) is 0 Å². The normalized spacial score (nSPS) is 19.2. The Bertz CT molecular complexity index is 1070. The highest BCUT2D eigenvalue weighted by atomic mass is 16.5. The molecule has 2 N–H and O–H groups in total. The van der Waals surface area contributed by atoms with Crippen LogP contribution in [0.25, 0.3) is 0 Å². The molecule has 2 aromatic rings. The van der Waals surface area contributed by atoms with Crippen molar-refractivity contribution >= 4 is 12.0 Å². The molecule has 1 saturated heterocycles. The first kappa shape index (κ1) is 24.8. The number of hydrogen-bond donors (Lipinski definition) is 2. The topological polar surface area (TPSA) is 83.1 Å². The Morgan fingerprint density at radius 3 is 2.34 bits per heavy atom. The summed E-state index contributed by atoms with van der Waals surface area (Å²) in [6, 6.07) is 15.0. The molecule has 1 atom stereocenters. The van der Waals surface area contributed by atoms with Crippen molar-refractivity contribution in [2.75, 3.05) is 46.4 Å². The summed E-state index contributed by atoms with van der Waals surface area (Å²) in [4.78, 5) is 30.3. The van der Waals surface area contributed by atoms with Crippen molar-refractivity contribution in [3.05, 3.63) is 76.5 Å². The minimum Gasteiger partial charge on any atom is -0.497 e. The van der Waals surface area contributed by atoms with Crippen molar-refractivity contribution in [1.82, 2.24) is 20.4 Å². The van der Waals surface area contributed by atoms with Gasteiger partial charge >= 0.3 is 12.0 Å². The minimum atomic E-state index is -0.591. The SMILES string of the molecule is CCOC(=O)C1=C(CN2CCN(Cc3cccc(C)c3)CC2)NC(=O)NC1c1ccc(OC)cc1. The zero-order chi connectivity index (χ0) is 24.8. The average molecular weight is 479 g/mol. The maximum Gasteiger partial charge on any atom is 0.338 e. The third kappa shape index (κ3) is 6.21. The maximum atomic E-state index is 13.0. The average Bonchev–Trinajstić information content (AvgIpc) is 2.85. The van der Waals surface area contributed by atoms with E-state index in [-0.39, 0.29) is 12.6 Å². The summed E-state index contributed by atoms with van der Waals surface area (Å²) in [5.74, 6) is 0.285. The molecule has 1 fully saturated rings. The smallest absolute Gasteiger partial charge is 0.338 e. The number of carbonyl (C=O) groups is 2. The van der Waals surface area contributed by atoms with Gasteiger partial charge in [0.25, 0.3) is 0 Å². The molecule has 1 unspecified atom stereocenters. The van der Waals surface area contributed by atoms with Gasteiger partial charge in [-0.3, -0.25) is 9.80 Å². The van der Waals surface area contributed by atoms with E-state index in [2.05, 4.69) is 51.6 Å². The number of benzene rings is 2. The zero-order valence-corrected chi connectivity index (χ0v) is 20.7. The van der Waals surface area contributed by atoms with Gasteiger partial charge in [-0.15, -0.1) is 0 Å². The van der Waals surface area contributed by atoms with Crippen LogP contribution in [-0.2, 0) is 16.1 Å². The van der Waals surface area contributed by atoms with E-state index in [1.54, 1.807) is 14.0 Å². The number of aryl methyl sites for hydroxylation is 1. The maximum absolute atomic E-state index is 13.0. The van der Waals surface area contributed by atoms with Gasteiger partial charge in [0.15, 0.2) is 0 Å². The molecular weight excluding hydrogens is 444 g/mol. The van der Waals surface area contributed by atoms with Crippen molar-refractivity contribution in [1.29, 1.82) is 0 Å². The number of rotatable bonds is 8. The van der Waals surface area contributed by atoms with Crippen molar-refractivity contribution in [2.45, 2.75) is 26.4 Å². The van der Waals surface area contributed by atoms with Gasteiger partial charge in [0.1, 0.15) is 5.75 Å². The number of piperazine rings is 1. The van der Waals surface area contributed by atoms with Crippen LogP contribution in [0.4, 0.5) is 4.79 Å². The van der Waals surface area contributed by atoms with Gasteiger partial charge in [-0.05, 0) is 37.1 Å². The van der Waals surface area contributed by atoms with Gasteiger partial charge in [0.05, 0.1) is 25.3 Å². The van der Waals surface area contributed by atoms with Crippen LogP contribution in [0.3, 0.4) is 0 Å². The number of ether oxygens (including phenoxy) is 2. The largest absolute Gasteiger partial charge is 0.497 e. The minimum absolute atomic E-state index is 0.260. The summed E-state index contributed by atoms with van der Waals surface area (Å²) in [7, 11) is 1.60. The van der Waals surface area contributed by atoms with Crippen LogP contribution in [-0.4, -0.2) is 68.2 Å². The predicted molar refractivity (Wildman–Crippen MR) is 134 cm³/mol. The lowest BCUT2D eigenvalue weighted by molar-refractivity contribution is -0.139. The van der Waals surface area contributed by atoms with E-state index in [0.29, 0.717) is 23.6 Å². The Hall–Kier alpha value is -3.36. The van der Waals surface area contributed by atoms with E-state index in [9.17, 15) is 9.59 Å². The highest BCUT2D eigenvalue weighted by Gasteiger charge is 2.34. The molecule has 2 aromatic carbocycles. The van der Waals surface area contributed by atoms with Crippen LogP contribution in [0.2, 0.25) is 0 Å². The Kier molecular flexibility index (Phi) is 8.05. The highest BCUT2D eigenvalue weighted by Crippen LogP contribution is 2.29. The molecule has 2 aliphatic heterocycles. The van der Waals surface area contributed by atoms with Crippen LogP contribution in [0.15, 0.2) is 59.8 Å². The summed E-state index contributed by atoms with van der Waals surface area (Å²) < 4.78 is 10.6. The lowest BCUT2D eigenvalue weighted by atomic mass is 9.94. The van der Waals surface area contributed by atoms with Crippen LogP contribution in [0.1, 0.15) is 29.7 Å². The zero-order valence-electron chi connectivity index (χ0n) is 20.7. The fourth-order valence-electron chi connectivity index (χ4n) is 4.64. The second-order valence-electron chi connectivity index (χ2n) is 8.96. The predicted octanol–water partition coefficient (Wildman–Crippen LogP) is 2.99. The monoisotopic (exact) mass is 478 g/mol. The molecule has 2 aliphatic rings. The molecule has 0 bridgehead atoms. The van der Waals surface area contributed by atoms with E-state index in [0.717, 1.165) is 38.3 Å². The fraction of sp³-hybridized carbons (Fsp3) is 0.407. The summed E-state index contributed by atoms with van der Waals surface area (Å²) in [6.45, 7) is 9.10. The molecule has 35 heavy (non-hydrogen) atoms. The van der Waals surface area contributed by atoms with Crippen molar-refractivity contribution in [2.24, 2.45) is 0 Å². The number of esters is 1. The van der Waals surface area contributed by atoms with E-state index in [1.165, 1.54) is 11.1 Å². The van der Waals surface area contributed by atoms with E-state index in [1.807, 2.05) is 24.3 Å². The van der Waals surface area contributed by atoms with Gasteiger partial charge in [-0.25, -0.2) is 9.59 Å². The van der Waals surface area contributed by atoms with Crippen LogP contribution in [0, 0.1) is 6.92 Å². The summed E-state index contributed by atoms with van der Waals surface area (Å²) in [5, 5.41) is 5.77. The number of urea groups is 1. The van der Waals surface area contributed by atoms with Gasteiger partial charge < -0.3 is 20.1 Å². The Balaban J connectivity index is 1.50. The molecule has 2 amide bonds.